The molecule has 40 heavy (non-hydrogen) atoms. The molecule has 3 aromatic carbocycles. The number of carbonyl (C=O) groups excluding carboxylic acids is 1. The van der Waals surface area contributed by atoms with Crippen molar-refractivity contribution < 1.29 is 43.4 Å². The lowest BCUT2D eigenvalue weighted by molar-refractivity contribution is -0.156. The highest BCUT2D eigenvalue weighted by molar-refractivity contribution is 5.83. The summed E-state index contributed by atoms with van der Waals surface area (Å²) in [5.41, 5.74) is -2.55. The van der Waals surface area contributed by atoms with Crippen LogP contribution in [0.4, 0.5) is 0 Å². The lowest BCUT2D eigenvalue weighted by Gasteiger charge is -2.41. The molecule has 5 atom stereocenters. The maximum absolute atomic E-state index is 13.8. The Morgan fingerprint density at radius 2 is 1.68 bits per heavy atom. The number of aliphatic hydroxyl groups is 2. The maximum Gasteiger partial charge on any atom is 0.231 e. The number of methoxy groups -OCH3 is 3. The summed E-state index contributed by atoms with van der Waals surface area (Å²) in [5.74, 6) is -0.381. The van der Waals surface area contributed by atoms with Crippen LogP contribution in [-0.2, 0) is 16.0 Å². The van der Waals surface area contributed by atoms with Gasteiger partial charge in [-0.1, -0.05) is 36.4 Å². The van der Waals surface area contributed by atoms with Gasteiger partial charge in [0.25, 0.3) is 0 Å². The van der Waals surface area contributed by atoms with Crippen molar-refractivity contribution in [1.29, 1.82) is 0 Å². The molecule has 2 aliphatic heterocycles. The third kappa shape index (κ3) is 3.20. The Balaban J connectivity index is 1.73. The highest BCUT2D eigenvalue weighted by Crippen LogP contribution is 2.72. The van der Waals surface area contributed by atoms with E-state index in [9.17, 15) is 15.0 Å². The van der Waals surface area contributed by atoms with Crippen molar-refractivity contribution in [3.05, 3.63) is 71.3 Å². The Morgan fingerprint density at radius 3 is 2.33 bits per heavy atom. The van der Waals surface area contributed by atoms with Gasteiger partial charge in [0, 0.05) is 31.6 Å². The molecule has 1 saturated carbocycles. The van der Waals surface area contributed by atoms with Crippen molar-refractivity contribution in [3.63, 3.8) is 0 Å². The highest BCUT2D eigenvalue weighted by Gasteiger charge is 2.78. The molecule has 1 amide bonds. The predicted octanol–water partition coefficient (Wildman–Crippen LogP) is 2.78. The zero-order chi connectivity index (χ0) is 28.4. The summed E-state index contributed by atoms with van der Waals surface area (Å²) < 4.78 is 35.0. The number of hydrogen-bond donors (Lipinski definition) is 2. The van der Waals surface area contributed by atoms with Crippen LogP contribution in [0.2, 0.25) is 0 Å². The highest BCUT2D eigenvalue weighted by atomic mass is 16.7. The van der Waals surface area contributed by atoms with Gasteiger partial charge in [-0.25, -0.2) is 0 Å². The second kappa shape index (κ2) is 9.21. The number of hydrogen-bond acceptors (Lipinski definition) is 9. The number of benzene rings is 3. The summed E-state index contributed by atoms with van der Waals surface area (Å²) in [5, 5.41) is 25.2. The Labute approximate surface area is 231 Å². The zero-order valence-electron chi connectivity index (χ0n) is 22.8. The normalized spacial score (nSPS) is 27.4. The van der Waals surface area contributed by atoms with Gasteiger partial charge in [-0.2, -0.15) is 0 Å². The second-order valence-corrected chi connectivity index (χ2v) is 10.3. The van der Waals surface area contributed by atoms with E-state index in [0.717, 1.165) is 0 Å². The molecule has 0 radical (unpaired) electrons. The fraction of sp³-hybridized carbons (Fsp3) is 0.367. The maximum atomic E-state index is 13.8. The van der Waals surface area contributed by atoms with E-state index < -0.39 is 29.1 Å². The second-order valence-electron chi connectivity index (χ2n) is 10.3. The Kier molecular flexibility index (Phi) is 6.01. The average molecular weight is 550 g/mol. The summed E-state index contributed by atoms with van der Waals surface area (Å²) in [6.07, 6.45) is -1.61. The van der Waals surface area contributed by atoms with E-state index in [1.54, 1.807) is 38.4 Å². The Bertz CT molecular complexity index is 1480. The number of ether oxygens (including phenoxy) is 6. The molecular weight excluding hydrogens is 518 g/mol. The molecule has 3 aromatic rings. The Morgan fingerprint density at radius 1 is 0.950 bits per heavy atom. The molecule has 1 fully saturated rings. The molecule has 0 bridgehead atoms. The molecule has 2 heterocycles. The van der Waals surface area contributed by atoms with E-state index in [1.807, 2.05) is 30.3 Å². The number of carbonyl (C=O) groups is 1. The molecule has 6 rings (SSSR count). The molecule has 0 spiro atoms. The van der Waals surface area contributed by atoms with Gasteiger partial charge >= 0.3 is 0 Å². The molecule has 0 saturated heterocycles. The van der Waals surface area contributed by atoms with E-state index in [2.05, 4.69) is 0 Å². The SMILES string of the molecule is COc1ccc([C@@]23Oc4cc5c(c(OC)c4[C@]2(O)[C@H](O)[C@H](C(=O)N(C)C)[C@H]3c2ccccc2)OCO5)cc1OC. The van der Waals surface area contributed by atoms with Gasteiger partial charge in [0.15, 0.2) is 34.2 Å². The van der Waals surface area contributed by atoms with Crippen molar-refractivity contribution in [2.24, 2.45) is 5.92 Å². The van der Waals surface area contributed by atoms with E-state index in [0.29, 0.717) is 28.4 Å². The van der Waals surface area contributed by atoms with Crippen molar-refractivity contribution in [2.45, 2.75) is 23.2 Å². The van der Waals surface area contributed by atoms with E-state index >= 15 is 0 Å². The van der Waals surface area contributed by atoms with E-state index in [4.69, 9.17) is 28.4 Å². The van der Waals surface area contributed by atoms with Crippen molar-refractivity contribution in [3.8, 4) is 34.5 Å². The van der Waals surface area contributed by atoms with Crippen LogP contribution in [-0.4, -0.2) is 69.3 Å². The van der Waals surface area contributed by atoms with Gasteiger partial charge in [-0.05, 0) is 17.7 Å². The molecule has 1 aliphatic carbocycles. The molecule has 3 aliphatic rings. The van der Waals surface area contributed by atoms with Crippen LogP contribution in [0, 0.1) is 5.92 Å². The molecule has 210 valence electrons. The number of rotatable bonds is 6. The summed E-state index contributed by atoms with van der Waals surface area (Å²) in [4.78, 5) is 15.3. The van der Waals surface area contributed by atoms with Crippen LogP contribution >= 0.6 is 0 Å². The minimum absolute atomic E-state index is 0.0369. The standard InChI is InChI=1S/C30H31NO9/c1-31(2)28(33)22-23(16-9-7-6-8-10-16)30(17-11-12-18(35-3)19(13-17)36-4)29(34,27(22)32)24-20(40-30)14-21-25(26(24)37-5)39-15-38-21/h6-14,22-23,27,32,34H,15H2,1-5H3/t22-,23-,27-,29+,30+/m1/s1. The van der Waals surface area contributed by atoms with Gasteiger partial charge in [0.1, 0.15) is 11.9 Å². The van der Waals surface area contributed by atoms with Crippen LogP contribution < -0.4 is 28.4 Å². The lowest BCUT2D eigenvalue weighted by Crippen LogP contribution is -2.52. The molecule has 10 nitrogen and oxygen atoms in total. The quantitative estimate of drug-likeness (QED) is 0.479. The van der Waals surface area contributed by atoms with Crippen LogP contribution in [0.3, 0.4) is 0 Å². The monoisotopic (exact) mass is 549 g/mol. The van der Waals surface area contributed by atoms with E-state index in [-0.39, 0.29) is 35.5 Å². The van der Waals surface area contributed by atoms with Crippen LogP contribution in [0.1, 0.15) is 22.6 Å². The predicted molar refractivity (Wildman–Crippen MR) is 142 cm³/mol. The van der Waals surface area contributed by atoms with Gasteiger partial charge in [-0.15, -0.1) is 0 Å². The third-order valence-corrected chi connectivity index (χ3v) is 8.27. The third-order valence-electron chi connectivity index (χ3n) is 8.27. The minimum Gasteiger partial charge on any atom is -0.493 e. The summed E-state index contributed by atoms with van der Waals surface area (Å²) in [7, 11) is 7.71. The van der Waals surface area contributed by atoms with Crippen LogP contribution in [0.25, 0.3) is 0 Å². The fourth-order valence-corrected chi connectivity index (χ4v) is 6.63. The summed E-state index contributed by atoms with van der Waals surface area (Å²) in [6, 6.07) is 16.0. The summed E-state index contributed by atoms with van der Waals surface area (Å²) in [6.45, 7) is -0.0369. The first kappa shape index (κ1) is 26.1. The molecular formula is C30H31NO9. The number of fused-ring (bicyclic) bond motifs is 4. The number of aliphatic hydroxyl groups excluding tert-OH is 1. The zero-order valence-corrected chi connectivity index (χ0v) is 22.8. The first-order valence-corrected chi connectivity index (χ1v) is 12.8. The Hall–Kier alpha value is -4.15. The van der Waals surface area contributed by atoms with Gasteiger partial charge in [-0.3, -0.25) is 4.79 Å². The number of amides is 1. The van der Waals surface area contributed by atoms with Gasteiger partial charge in [0.2, 0.25) is 18.4 Å². The lowest BCUT2D eigenvalue weighted by atomic mass is 9.70. The number of nitrogens with zero attached hydrogens (tertiary/aromatic N) is 1. The summed E-state index contributed by atoms with van der Waals surface area (Å²) >= 11 is 0. The minimum atomic E-state index is -2.18. The van der Waals surface area contributed by atoms with E-state index in [1.165, 1.54) is 26.2 Å². The van der Waals surface area contributed by atoms with Gasteiger partial charge < -0.3 is 43.5 Å². The van der Waals surface area contributed by atoms with Gasteiger partial charge in [0.05, 0.1) is 32.8 Å². The molecule has 0 aromatic heterocycles. The largest absolute Gasteiger partial charge is 0.493 e. The van der Waals surface area contributed by atoms with Crippen LogP contribution in [0.5, 0.6) is 34.5 Å². The smallest absolute Gasteiger partial charge is 0.231 e. The van der Waals surface area contributed by atoms with Crippen molar-refractivity contribution in [2.75, 3.05) is 42.2 Å². The molecule has 2 N–H and O–H groups in total. The van der Waals surface area contributed by atoms with Crippen molar-refractivity contribution >= 4 is 5.91 Å². The molecule has 0 unspecified atom stereocenters. The fourth-order valence-electron chi connectivity index (χ4n) is 6.63. The first-order chi connectivity index (χ1) is 19.2. The van der Waals surface area contributed by atoms with Crippen LogP contribution in [0.15, 0.2) is 54.6 Å². The average Bonchev–Trinajstić information content (AvgIpc) is 3.60. The molecule has 10 heteroatoms. The van der Waals surface area contributed by atoms with Crippen molar-refractivity contribution in [1.82, 2.24) is 4.90 Å². The topological polar surface area (TPSA) is 116 Å². The first-order valence-electron chi connectivity index (χ1n) is 12.8.